The van der Waals surface area contributed by atoms with Crippen LogP contribution in [0.4, 0.5) is 0 Å². The number of aromatic amines is 1. The Morgan fingerprint density at radius 1 is 1.10 bits per heavy atom. The van der Waals surface area contributed by atoms with Crippen molar-refractivity contribution in [2.75, 3.05) is 26.8 Å². The van der Waals surface area contributed by atoms with Crippen molar-refractivity contribution in [3.05, 3.63) is 59.2 Å². The fraction of sp³-hybridized carbons (Fsp3) is 0.594. The quantitative estimate of drug-likeness (QED) is 0.457. The van der Waals surface area contributed by atoms with E-state index in [2.05, 4.69) is 68.0 Å². The SMILES string of the molecule is COC12CCC3(C[C@@H]1COCc1ccccc1)[C@H]1Cc4ccc(-c5nn[nH]n5)c5c4[C@@]3(CCN1CC1CC1)[C@H]2O5. The van der Waals surface area contributed by atoms with Crippen LogP contribution in [0, 0.1) is 17.3 Å². The van der Waals surface area contributed by atoms with E-state index in [1.165, 1.54) is 42.5 Å². The Labute approximate surface area is 234 Å². The number of hydrogen-bond donors (Lipinski definition) is 1. The summed E-state index contributed by atoms with van der Waals surface area (Å²) in [6.45, 7) is 3.71. The molecule has 1 N–H and O–H groups in total. The van der Waals surface area contributed by atoms with Crippen LogP contribution in [0.2, 0.25) is 0 Å². The minimum Gasteiger partial charge on any atom is -0.485 e. The van der Waals surface area contributed by atoms with Gasteiger partial charge in [0.1, 0.15) is 17.5 Å². The first-order valence-electron chi connectivity index (χ1n) is 15.2. The standard InChI is InChI=1S/C32H37N5O3/c1-38-32-12-11-30(16-23(32)19-39-18-21-5-3-2-4-6-21)25-15-22-9-10-24(28-33-35-36-34-28)27-26(22)31(30,29(32)40-27)13-14-37(25)17-20-7-8-20/h2-6,9-10,20,23,25,29H,7-8,11-19H2,1H3,(H,33,34,35,36)/t23-,25-,29-,30?,31+,32?/m1/s1. The normalized spacial score (nSPS) is 36.9. The Kier molecular flexibility index (Phi) is 4.99. The first-order chi connectivity index (χ1) is 19.7. The predicted octanol–water partition coefficient (Wildman–Crippen LogP) is 4.31. The molecule has 6 atom stereocenters. The van der Waals surface area contributed by atoms with Crippen LogP contribution in [0.3, 0.4) is 0 Å². The van der Waals surface area contributed by atoms with Gasteiger partial charge in [0.05, 0.1) is 18.8 Å². The molecule has 208 valence electrons. The van der Waals surface area contributed by atoms with Crippen molar-refractivity contribution in [1.82, 2.24) is 25.5 Å². The van der Waals surface area contributed by atoms with Crippen molar-refractivity contribution in [2.45, 2.75) is 74.7 Å². The molecular weight excluding hydrogens is 502 g/mol. The van der Waals surface area contributed by atoms with E-state index in [1.54, 1.807) is 0 Å². The second-order valence-corrected chi connectivity index (χ2v) is 13.3. The molecule has 3 heterocycles. The number of benzene rings is 2. The molecule has 2 unspecified atom stereocenters. The molecule has 4 saturated carbocycles. The van der Waals surface area contributed by atoms with E-state index in [1.807, 2.05) is 7.11 Å². The predicted molar refractivity (Wildman–Crippen MR) is 148 cm³/mol. The molecular formula is C32H37N5O3. The van der Waals surface area contributed by atoms with Gasteiger partial charge in [-0.05, 0) is 79.8 Å². The third-order valence-corrected chi connectivity index (χ3v) is 11.8. The second-order valence-electron chi connectivity index (χ2n) is 13.3. The molecule has 7 aliphatic rings. The van der Waals surface area contributed by atoms with Crippen molar-refractivity contribution >= 4 is 0 Å². The van der Waals surface area contributed by atoms with Gasteiger partial charge in [-0.3, -0.25) is 4.90 Å². The van der Waals surface area contributed by atoms with Gasteiger partial charge in [0, 0.05) is 42.0 Å². The number of fused-ring (bicyclic) bond motifs is 2. The van der Waals surface area contributed by atoms with Crippen molar-refractivity contribution < 1.29 is 14.2 Å². The number of ether oxygens (including phenoxy) is 3. The summed E-state index contributed by atoms with van der Waals surface area (Å²) in [5.41, 5.74) is 4.78. The molecule has 2 aromatic carbocycles. The minimum absolute atomic E-state index is 0.0366. The van der Waals surface area contributed by atoms with Gasteiger partial charge in [-0.25, -0.2) is 0 Å². The van der Waals surface area contributed by atoms with Gasteiger partial charge in [0.15, 0.2) is 0 Å². The molecule has 40 heavy (non-hydrogen) atoms. The molecule has 5 fully saturated rings. The molecule has 0 amide bonds. The van der Waals surface area contributed by atoms with Crippen LogP contribution >= 0.6 is 0 Å². The molecule has 4 bridgehead atoms. The van der Waals surface area contributed by atoms with Crippen molar-refractivity contribution in [1.29, 1.82) is 0 Å². The highest BCUT2D eigenvalue weighted by Crippen LogP contribution is 2.76. The lowest BCUT2D eigenvalue weighted by Crippen LogP contribution is -2.81. The fourth-order valence-corrected chi connectivity index (χ4v) is 10.1. The lowest BCUT2D eigenvalue weighted by atomic mass is 9.35. The van der Waals surface area contributed by atoms with Gasteiger partial charge in [-0.1, -0.05) is 36.4 Å². The monoisotopic (exact) mass is 539 g/mol. The van der Waals surface area contributed by atoms with E-state index in [0.717, 1.165) is 49.5 Å². The van der Waals surface area contributed by atoms with Gasteiger partial charge in [0.25, 0.3) is 0 Å². The largest absolute Gasteiger partial charge is 0.485 e. The Morgan fingerprint density at radius 3 is 2.80 bits per heavy atom. The maximum atomic E-state index is 7.26. The summed E-state index contributed by atoms with van der Waals surface area (Å²) in [4.78, 5) is 2.89. The highest BCUT2D eigenvalue weighted by atomic mass is 16.6. The highest BCUT2D eigenvalue weighted by Gasteiger charge is 2.80. The number of likely N-dealkylation sites (tertiary alicyclic amines) is 1. The van der Waals surface area contributed by atoms with E-state index in [4.69, 9.17) is 14.2 Å². The molecule has 3 aromatic rings. The van der Waals surface area contributed by atoms with Gasteiger partial charge < -0.3 is 14.2 Å². The molecule has 1 aromatic heterocycles. The third kappa shape index (κ3) is 2.94. The summed E-state index contributed by atoms with van der Waals surface area (Å²) in [7, 11) is 1.91. The average Bonchev–Trinajstić information content (AvgIpc) is 3.48. The number of aromatic nitrogens is 4. The summed E-state index contributed by atoms with van der Waals surface area (Å²) in [5, 5.41) is 15.2. The minimum atomic E-state index is -0.385. The summed E-state index contributed by atoms with van der Waals surface area (Å²) >= 11 is 0. The first kappa shape index (κ1) is 23.9. The van der Waals surface area contributed by atoms with Crippen molar-refractivity contribution in [3.8, 4) is 17.1 Å². The van der Waals surface area contributed by atoms with Crippen molar-refractivity contribution in [2.24, 2.45) is 17.3 Å². The van der Waals surface area contributed by atoms with Gasteiger partial charge >= 0.3 is 0 Å². The second kappa shape index (κ2) is 8.37. The van der Waals surface area contributed by atoms with E-state index in [0.29, 0.717) is 25.1 Å². The zero-order chi connectivity index (χ0) is 26.5. The molecule has 8 heteroatoms. The van der Waals surface area contributed by atoms with Gasteiger partial charge in [-0.2, -0.15) is 5.21 Å². The summed E-state index contributed by atoms with van der Waals surface area (Å²) in [6, 6.07) is 15.5. The molecule has 8 nitrogen and oxygen atoms in total. The summed E-state index contributed by atoms with van der Waals surface area (Å²) in [5.74, 6) is 2.75. The van der Waals surface area contributed by atoms with Crippen LogP contribution in [-0.4, -0.2) is 70.1 Å². The first-order valence-corrected chi connectivity index (χ1v) is 15.2. The van der Waals surface area contributed by atoms with E-state index >= 15 is 0 Å². The van der Waals surface area contributed by atoms with Crippen LogP contribution in [0.1, 0.15) is 55.2 Å². The number of rotatable bonds is 8. The third-order valence-electron chi connectivity index (χ3n) is 11.8. The van der Waals surface area contributed by atoms with E-state index in [9.17, 15) is 0 Å². The number of piperidine rings is 1. The molecule has 0 radical (unpaired) electrons. The summed E-state index contributed by atoms with van der Waals surface area (Å²) in [6.07, 6.45) is 8.31. The zero-order valence-electron chi connectivity index (χ0n) is 23.1. The van der Waals surface area contributed by atoms with E-state index < -0.39 is 0 Å². The van der Waals surface area contributed by atoms with Gasteiger partial charge in [0.2, 0.25) is 5.82 Å². The van der Waals surface area contributed by atoms with Crippen LogP contribution in [0.15, 0.2) is 42.5 Å². The Balaban J connectivity index is 1.17. The number of hydrogen-bond acceptors (Lipinski definition) is 7. The number of nitrogens with zero attached hydrogens (tertiary/aromatic N) is 4. The van der Waals surface area contributed by atoms with Crippen LogP contribution in [-0.2, 0) is 27.9 Å². The van der Waals surface area contributed by atoms with Crippen LogP contribution in [0.25, 0.3) is 11.4 Å². The molecule has 5 aliphatic carbocycles. The number of H-pyrrole nitrogens is 1. The Morgan fingerprint density at radius 2 is 2.00 bits per heavy atom. The van der Waals surface area contributed by atoms with Gasteiger partial charge in [-0.15, -0.1) is 10.2 Å². The number of methoxy groups -OCH3 is 1. The lowest BCUT2D eigenvalue weighted by Gasteiger charge is -2.74. The Bertz CT molecular complexity index is 1440. The maximum absolute atomic E-state index is 7.26. The zero-order valence-corrected chi connectivity index (χ0v) is 23.1. The number of tetrazole rings is 1. The Hall–Kier alpha value is -2.81. The maximum Gasteiger partial charge on any atom is 0.208 e. The number of nitrogens with one attached hydrogen (secondary N) is 1. The molecule has 10 rings (SSSR count). The molecule has 2 spiro atoms. The molecule has 2 aliphatic heterocycles. The smallest absolute Gasteiger partial charge is 0.208 e. The molecule has 1 saturated heterocycles. The highest BCUT2D eigenvalue weighted by molar-refractivity contribution is 5.73. The van der Waals surface area contributed by atoms with Crippen LogP contribution < -0.4 is 4.74 Å². The average molecular weight is 540 g/mol. The van der Waals surface area contributed by atoms with Crippen LogP contribution in [0.5, 0.6) is 5.75 Å². The summed E-state index contributed by atoms with van der Waals surface area (Å²) < 4.78 is 20.4. The lowest BCUT2D eigenvalue weighted by molar-refractivity contribution is -0.283. The topological polar surface area (TPSA) is 85.4 Å². The van der Waals surface area contributed by atoms with Crippen molar-refractivity contribution in [3.63, 3.8) is 0 Å². The fourth-order valence-electron chi connectivity index (χ4n) is 10.1. The van der Waals surface area contributed by atoms with E-state index in [-0.39, 0.29) is 28.5 Å².